The van der Waals surface area contributed by atoms with Crippen molar-refractivity contribution in [3.63, 3.8) is 0 Å². The van der Waals surface area contributed by atoms with Crippen LogP contribution in [-0.2, 0) is 0 Å². The predicted molar refractivity (Wildman–Crippen MR) is 103 cm³/mol. The molecule has 25 heavy (non-hydrogen) atoms. The number of nitrogens with one attached hydrogen (secondary N) is 1. The topological polar surface area (TPSA) is 37.3 Å². The molecular formula is C21H29N3O. The second kappa shape index (κ2) is 7.44. The lowest BCUT2D eigenvalue weighted by Crippen LogP contribution is -2.42. The van der Waals surface area contributed by atoms with E-state index in [4.69, 9.17) is 0 Å². The van der Waals surface area contributed by atoms with Gasteiger partial charge in [0, 0.05) is 30.2 Å². The van der Waals surface area contributed by atoms with Crippen molar-refractivity contribution < 1.29 is 4.79 Å². The van der Waals surface area contributed by atoms with Gasteiger partial charge in [0.2, 0.25) is 0 Å². The number of amides is 1. The van der Waals surface area contributed by atoms with Gasteiger partial charge in [0.05, 0.1) is 5.56 Å². The van der Waals surface area contributed by atoms with Gasteiger partial charge >= 0.3 is 0 Å². The molecule has 2 heterocycles. The zero-order valence-electron chi connectivity index (χ0n) is 15.8. The Morgan fingerprint density at radius 3 is 2.72 bits per heavy atom. The van der Waals surface area contributed by atoms with Gasteiger partial charge in [0.1, 0.15) is 0 Å². The third-order valence-electron chi connectivity index (χ3n) is 5.32. The van der Waals surface area contributed by atoms with Gasteiger partial charge in [-0.2, -0.15) is 0 Å². The lowest BCUT2D eigenvalue weighted by atomic mass is 9.97. The Bertz CT molecular complexity index is 760. The van der Waals surface area contributed by atoms with E-state index < -0.39 is 0 Å². The number of nitrogens with zero attached hydrogens (tertiary/aromatic N) is 2. The highest BCUT2D eigenvalue weighted by molar-refractivity contribution is 5.96. The Morgan fingerprint density at radius 1 is 1.24 bits per heavy atom. The summed E-state index contributed by atoms with van der Waals surface area (Å²) >= 11 is 0. The van der Waals surface area contributed by atoms with Gasteiger partial charge in [-0.15, -0.1) is 0 Å². The van der Waals surface area contributed by atoms with Crippen molar-refractivity contribution in [2.75, 3.05) is 26.7 Å². The molecule has 2 aromatic rings. The van der Waals surface area contributed by atoms with Gasteiger partial charge in [0.25, 0.3) is 5.91 Å². The van der Waals surface area contributed by atoms with E-state index in [0.717, 1.165) is 48.7 Å². The number of carbonyl (C=O) groups excluding carboxylic acids is 1. The number of rotatable bonds is 4. The van der Waals surface area contributed by atoms with Crippen LogP contribution in [0, 0.1) is 26.7 Å². The SMILES string of the molecule is CNCC1CCCN(C(=O)c2cc(C)n(-c3ccccc3C)c2C)C1. The van der Waals surface area contributed by atoms with Crippen molar-refractivity contribution in [2.24, 2.45) is 5.92 Å². The van der Waals surface area contributed by atoms with Crippen LogP contribution in [-0.4, -0.2) is 42.1 Å². The maximum absolute atomic E-state index is 13.1. The Hall–Kier alpha value is -2.07. The van der Waals surface area contributed by atoms with Crippen LogP contribution in [0.2, 0.25) is 0 Å². The van der Waals surface area contributed by atoms with Crippen LogP contribution in [0.1, 0.15) is 40.2 Å². The Morgan fingerprint density at radius 2 is 2.00 bits per heavy atom. The van der Waals surface area contributed by atoms with Crippen LogP contribution in [0.3, 0.4) is 0 Å². The number of aryl methyl sites for hydroxylation is 2. The van der Waals surface area contributed by atoms with Gasteiger partial charge in [-0.05, 0) is 70.8 Å². The molecule has 1 N–H and O–H groups in total. The second-order valence-corrected chi connectivity index (χ2v) is 7.22. The van der Waals surface area contributed by atoms with E-state index in [2.05, 4.69) is 54.9 Å². The molecule has 0 aliphatic carbocycles. The minimum absolute atomic E-state index is 0.175. The predicted octanol–water partition coefficient (Wildman–Crippen LogP) is 3.47. The molecule has 0 spiro atoms. The molecule has 1 unspecified atom stereocenters. The van der Waals surface area contributed by atoms with E-state index >= 15 is 0 Å². The second-order valence-electron chi connectivity index (χ2n) is 7.22. The highest BCUT2D eigenvalue weighted by atomic mass is 16.2. The van der Waals surface area contributed by atoms with E-state index in [0.29, 0.717) is 5.92 Å². The molecule has 1 saturated heterocycles. The van der Waals surface area contributed by atoms with Crippen molar-refractivity contribution in [2.45, 2.75) is 33.6 Å². The van der Waals surface area contributed by atoms with Gasteiger partial charge < -0.3 is 14.8 Å². The summed E-state index contributed by atoms with van der Waals surface area (Å²) < 4.78 is 2.21. The van der Waals surface area contributed by atoms with E-state index in [9.17, 15) is 4.79 Å². The highest BCUT2D eigenvalue weighted by Crippen LogP contribution is 2.25. The number of hydrogen-bond acceptors (Lipinski definition) is 2. The van der Waals surface area contributed by atoms with Gasteiger partial charge in [-0.1, -0.05) is 18.2 Å². The molecule has 4 nitrogen and oxygen atoms in total. The summed E-state index contributed by atoms with van der Waals surface area (Å²) in [7, 11) is 1.98. The Labute approximate surface area is 150 Å². The number of benzene rings is 1. The molecule has 134 valence electrons. The first-order valence-corrected chi connectivity index (χ1v) is 9.21. The van der Waals surface area contributed by atoms with E-state index in [1.807, 2.05) is 18.0 Å². The fourth-order valence-electron chi connectivity index (χ4n) is 4.04. The van der Waals surface area contributed by atoms with E-state index in [-0.39, 0.29) is 5.91 Å². The summed E-state index contributed by atoms with van der Waals surface area (Å²) in [6.45, 7) is 8.95. The smallest absolute Gasteiger partial charge is 0.255 e. The molecule has 1 aromatic heterocycles. The monoisotopic (exact) mass is 339 g/mol. The normalized spacial score (nSPS) is 17.8. The summed E-state index contributed by atoms with van der Waals surface area (Å²) in [5.74, 6) is 0.733. The van der Waals surface area contributed by atoms with E-state index in [1.165, 1.54) is 12.0 Å². The maximum Gasteiger partial charge on any atom is 0.255 e. The van der Waals surface area contributed by atoms with Crippen LogP contribution in [0.4, 0.5) is 0 Å². The van der Waals surface area contributed by atoms with Gasteiger partial charge in [-0.3, -0.25) is 4.79 Å². The summed E-state index contributed by atoms with van der Waals surface area (Å²) in [5, 5.41) is 3.25. The molecule has 0 bridgehead atoms. The fraction of sp³-hybridized carbons (Fsp3) is 0.476. The van der Waals surface area contributed by atoms with Crippen LogP contribution in [0.15, 0.2) is 30.3 Å². The number of aromatic nitrogens is 1. The number of carbonyl (C=O) groups is 1. The summed E-state index contributed by atoms with van der Waals surface area (Å²) in [6.07, 6.45) is 2.29. The van der Waals surface area contributed by atoms with Crippen LogP contribution < -0.4 is 5.32 Å². The summed E-state index contributed by atoms with van der Waals surface area (Å²) in [6, 6.07) is 10.4. The van der Waals surface area contributed by atoms with Crippen molar-refractivity contribution in [3.8, 4) is 5.69 Å². The molecule has 1 amide bonds. The summed E-state index contributed by atoms with van der Waals surface area (Å²) in [4.78, 5) is 15.2. The third kappa shape index (κ3) is 3.49. The molecule has 4 heteroatoms. The first-order chi connectivity index (χ1) is 12.0. The standard InChI is InChI=1S/C21H29N3O/c1-15-8-5-6-10-20(15)24-16(2)12-19(17(24)3)21(25)23-11-7-9-18(14-23)13-22-4/h5-6,8,10,12,18,22H,7,9,11,13-14H2,1-4H3. The Balaban J connectivity index is 1.90. The van der Waals surface area contributed by atoms with Crippen molar-refractivity contribution in [3.05, 3.63) is 52.8 Å². The number of likely N-dealkylation sites (tertiary alicyclic amines) is 1. The van der Waals surface area contributed by atoms with E-state index in [1.54, 1.807) is 0 Å². The van der Waals surface area contributed by atoms with Crippen molar-refractivity contribution >= 4 is 5.91 Å². The molecule has 0 radical (unpaired) electrons. The number of hydrogen-bond donors (Lipinski definition) is 1. The Kier molecular flexibility index (Phi) is 5.28. The van der Waals surface area contributed by atoms with Crippen LogP contribution in [0.5, 0.6) is 0 Å². The molecule has 1 aromatic carbocycles. The fourth-order valence-corrected chi connectivity index (χ4v) is 4.04. The van der Waals surface area contributed by atoms with Crippen molar-refractivity contribution in [1.82, 2.24) is 14.8 Å². The molecule has 1 aliphatic rings. The zero-order valence-corrected chi connectivity index (χ0v) is 15.8. The molecule has 0 saturated carbocycles. The first kappa shape index (κ1) is 17.7. The third-order valence-corrected chi connectivity index (χ3v) is 5.32. The van der Waals surface area contributed by atoms with Crippen LogP contribution in [0.25, 0.3) is 5.69 Å². The zero-order chi connectivity index (χ0) is 18.0. The van der Waals surface area contributed by atoms with Crippen molar-refractivity contribution in [1.29, 1.82) is 0 Å². The average Bonchev–Trinajstić information content (AvgIpc) is 2.90. The minimum atomic E-state index is 0.175. The number of para-hydroxylation sites is 1. The molecular weight excluding hydrogens is 310 g/mol. The largest absolute Gasteiger partial charge is 0.338 e. The summed E-state index contributed by atoms with van der Waals surface area (Å²) in [5.41, 5.74) is 5.36. The average molecular weight is 339 g/mol. The lowest BCUT2D eigenvalue weighted by molar-refractivity contribution is 0.0673. The first-order valence-electron chi connectivity index (χ1n) is 9.21. The quantitative estimate of drug-likeness (QED) is 0.926. The lowest BCUT2D eigenvalue weighted by Gasteiger charge is -2.32. The number of piperidine rings is 1. The molecule has 1 atom stereocenters. The maximum atomic E-state index is 13.1. The van der Waals surface area contributed by atoms with Gasteiger partial charge in [-0.25, -0.2) is 0 Å². The minimum Gasteiger partial charge on any atom is -0.338 e. The molecule has 1 fully saturated rings. The molecule has 3 rings (SSSR count). The highest BCUT2D eigenvalue weighted by Gasteiger charge is 2.27. The van der Waals surface area contributed by atoms with Crippen LogP contribution >= 0.6 is 0 Å². The molecule has 1 aliphatic heterocycles. The van der Waals surface area contributed by atoms with Gasteiger partial charge in [0.15, 0.2) is 0 Å².